The molecular formula is C16H18BrNO3. The van der Waals surface area contributed by atoms with Gasteiger partial charge in [-0.15, -0.1) is 0 Å². The first-order valence-corrected chi connectivity index (χ1v) is 7.66. The molecule has 1 N–H and O–H groups in total. The molecule has 112 valence electrons. The normalized spacial score (nSPS) is 12.1. The van der Waals surface area contributed by atoms with Crippen molar-refractivity contribution in [1.29, 1.82) is 0 Å². The maximum absolute atomic E-state index is 11.7. The van der Waals surface area contributed by atoms with E-state index in [4.69, 9.17) is 9.15 Å². The van der Waals surface area contributed by atoms with Crippen LogP contribution in [0, 0.1) is 0 Å². The number of rotatable bonds is 7. The first-order chi connectivity index (χ1) is 10.2. The molecule has 1 aromatic carbocycles. The van der Waals surface area contributed by atoms with Crippen molar-refractivity contribution < 1.29 is 13.9 Å². The van der Waals surface area contributed by atoms with Crippen LogP contribution in [0.2, 0.25) is 0 Å². The summed E-state index contributed by atoms with van der Waals surface area (Å²) in [4.78, 5) is 11.7. The van der Waals surface area contributed by atoms with Gasteiger partial charge in [0.15, 0.2) is 10.4 Å². The summed E-state index contributed by atoms with van der Waals surface area (Å²) >= 11 is 3.16. The number of nitrogens with one attached hydrogen (secondary N) is 1. The molecule has 21 heavy (non-hydrogen) atoms. The predicted octanol–water partition coefficient (Wildman–Crippen LogP) is 3.94. The van der Waals surface area contributed by atoms with Crippen LogP contribution >= 0.6 is 15.9 Å². The minimum absolute atomic E-state index is 0.0583. The van der Waals surface area contributed by atoms with Crippen molar-refractivity contribution in [2.24, 2.45) is 0 Å². The van der Waals surface area contributed by atoms with Gasteiger partial charge in [-0.3, -0.25) is 4.79 Å². The summed E-state index contributed by atoms with van der Waals surface area (Å²) in [6, 6.07) is 13.4. The SMILES string of the molecule is C[C@@H](OCCCNC(=O)c1ccc(Br)o1)c1ccccc1. The quantitative estimate of drug-likeness (QED) is 0.768. The molecule has 1 atom stereocenters. The lowest BCUT2D eigenvalue weighted by molar-refractivity contribution is 0.0633. The maximum atomic E-state index is 11.7. The molecule has 4 nitrogen and oxygen atoms in total. The average Bonchev–Trinajstić information content (AvgIpc) is 2.94. The number of carbonyl (C=O) groups is 1. The van der Waals surface area contributed by atoms with Crippen molar-refractivity contribution in [3.8, 4) is 0 Å². The summed E-state index contributed by atoms with van der Waals surface area (Å²) in [6.45, 7) is 3.17. The second kappa shape index (κ2) is 8.00. The fourth-order valence-electron chi connectivity index (χ4n) is 1.88. The third kappa shape index (κ3) is 5.02. The zero-order valence-corrected chi connectivity index (χ0v) is 13.4. The highest BCUT2D eigenvalue weighted by atomic mass is 79.9. The van der Waals surface area contributed by atoms with E-state index in [0.717, 1.165) is 12.0 Å². The van der Waals surface area contributed by atoms with Crippen molar-refractivity contribution in [3.05, 3.63) is 58.5 Å². The summed E-state index contributed by atoms with van der Waals surface area (Å²) in [5, 5.41) is 2.79. The molecule has 1 aromatic heterocycles. The minimum Gasteiger partial charge on any atom is -0.444 e. The first kappa shape index (κ1) is 15.8. The number of furan rings is 1. The van der Waals surface area contributed by atoms with Crippen molar-refractivity contribution in [1.82, 2.24) is 5.32 Å². The molecule has 0 aliphatic carbocycles. The highest BCUT2D eigenvalue weighted by Crippen LogP contribution is 2.16. The molecule has 0 saturated carbocycles. The highest BCUT2D eigenvalue weighted by Gasteiger charge is 2.09. The van der Waals surface area contributed by atoms with E-state index in [2.05, 4.69) is 21.2 Å². The van der Waals surface area contributed by atoms with Crippen molar-refractivity contribution in [3.63, 3.8) is 0 Å². The van der Waals surface area contributed by atoms with E-state index >= 15 is 0 Å². The summed E-state index contributed by atoms with van der Waals surface area (Å²) in [6.07, 6.45) is 0.813. The van der Waals surface area contributed by atoms with Gasteiger partial charge >= 0.3 is 0 Å². The van der Waals surface area contributed by atoms with Gasteiger partial charge in [0.25, 0.3) is 5.91 Å². The molecule has 2 aromatic rings. The van der Waals surface area contributed by atoms with Gasteiger partial charge in [-0.2, -0.15) is 0 Å². The zero-order valence-electron chi connectivity index (χ0n) is 11.8. The Morgan fingerprint density at radius 1 is 1.29 bits per heavy atom. The molecule has 5 heteroatoms. The fraction of sp³-hybridized carbons (Fsp3) is 0.312. The Bertz CT molecular complexity index is 568. The lowest BCUT2D eigenvalue weighted by Gasteiger charge is -2.13. The van der Waals surface area contributed by atoms with E-state index in [1.165, 1.54) is 0 Å². The Morgan fingerprint density at radius 2 is 2.05 bits per heavy atom. The van der Waals surface area contributed by atoms with Crippen LogP contribution in [0.3, 0.4) is 0 Å². The molecule has 0 aliphatic heterocycles. The average molecular weight is 352 g/mol. The number of carbonyl (C=O) groups excluding carboxylic acids is 1. The third-order valence-corrected chi connectivity index (χ3v) is 3.47. The molecule has 1 amide bonds. The van der Waals surface area contributed by atoms with Gasteiger partial charge in [0.1, 0.15) is 0 Å². The molecule has 0 spiro atoms. The molecule has 0 saturated heterocycles. The number of ether oxygens (including phenoxy) is 1. The first-order valence-electron chi connectivity index (χ1n) is 6.87. The molecule has 0 radical (unpaired) electrons. The van der Waals surface area contributed by atoms with E-state index in [1.807, 2.05) is 37.3 Å². The summed E-state index contributed by atoms with van der Waals surface area (Å²) < 4.78 is 11.5. The minimum atomic E-state index is -0.211. The summed E-state index contributed by atoms with van der Waals surface area (Å²) in [7, 11) is 0. The number of benzene rings is 1. The fourth-order valence-corrected chi connectivity index (χ4v) is 2.18. The van der Waals surface area contributed by atoms with Crippen LogP contribution in [-0.2, 0) is 4.74 Å². The van der Waals surface area contributed by atoms with E-state index in [0.29, 0.717) is 23.6 Å². The molecule has 0 unspecified atom stereocenters. The standard InChI is InChI=1S/C16H18BrNO3/c1-12(13-6-3-2-4-7-13)20-11-5-10-18-16(19)14-8-9-15(17)21-14/h2-4,6-9,12H,5,10-11H2,1H3,(H,18,19)/t12-/m1/s1. The molecule has 0 bridgehead atoms. The monoisotopic (exact) mass is 351 g/mol. The Labute approximate surface area is 132 Å². The van der Waals surface area contributed by atoms with E-state index in [9.17, 15) is 4.79 Å². The summed E-state index contributed by atoms with van der Waals surface area (Å²) in [5.74, 6) is 0.0947. The molecule has 2 rings (SSSR count). The van der Waals surface area contributed by atoms with Crippen molar-refractivity contribution in [2.45, 2.75) is 19.4 Å². The highest BCUT2D eigenvalue weighted by molar-refractivity contribution is 9.10. The molecule has 0 fully saturated rings. The Balaban J connectivity index is 1.63. The van der Waals surface area contributed by atoms with E-state index in [-0.39, 0.29) is 12.0 Å². The lowest BCUT2D eigenvalue weighted by Crippen LogP contribution is -2.24. The van der Waals surface area contributed by atoms with Crippen LogP contribution in [-0.4, -0.2) is 19.1 Å². The van der Waals surface area contributed by atoms with Gasteiger partial charge in [-0.25, -0.2) is 0 Å². The number of halogens is 1. The molecule has 0 aliphatic rings. The molecule has 1 heterocycles. The second-order valence-electron chi connectivity index (χ2n) is 4.64. The smallest absolute Gasteiger partial charge is 0.287 e. The van der Waals surface area contributed by atoms with Gasteiger partial charge in [-0.05, 0) is 47.0 Å². The summed E-state index contributed by atoms with van der Waals surface area (Å²) in [5.41, 5.74) is 1.15. The Hall–Kier alpha value is -1.59. The molecular weight excluding hydrogens is 334 g/mol. The number of amides is 1. The van der Waals surface area contributed by atoms with Crippen LogP contribution in [0.15, 0.2) is 51.6 Å². The van der Waals surface area contributed by atoms with Gasteiger partial charge in [0, 0.05) is 13.2 Å². The van der Waals surface area contributed by atoms with Gasteiger partial charge < -0.3 is 14.5 Å². The third-order valence-electron chi connectivity index (χ3n) is 3.04. The van der Waals surface area contributed by atoms with Crippen LogP contribution in [0.1, 0.15) is 35.6 Å². The Kier molecular flexibility index (Phi) is 6.02. The van der Waals surface area contributed by atoms with Crippen LogP contribution in [0.5, 0.6) is 0 Å². The second-order valence-corrected chi connectivity index (χ2v) is 5.42. The van der Waals surface area contributed by atoms with Crippen molar-refractivity contribution in [2.75, 3.05) is 13.2 Å². The lowest BCUT2D eigenvalue weighted by atomic mass is 10.1. The number of hydrogen-bond donors (Lipinski definition) is 1. The van der Waals surface area contributed by atoms with Crippen molar-refractivity contribution >= 4 is 21.8 Å². The zero-order chi connectivity index (χ0) is 15.1. The van der Waals surface area contributed by atoms with Crippen LogP contribution in [0.4, 0.5) is 0 Å². The Morgan fingerprint density at radius 3 is 2.71 bits per heavy atom. The van der Waals surface area contributed by atoms with Crippen LogP contribution in [0.25, 0.3) is 0 Å². The van der Waals surface area contributed by atoms with Gasteiger partial charge in [0.2, 0.25) is 0 Å². The van der Waals surface area contributed by atoms with Crippen LogP contribution < -0.4 is 5.32 Å². The maximum Gasteiger partial charge on any atom is 0.287 e. The van der Waals surface area contributed by atoms with E-state index in [1.54, 1.807) is 12.1 Å². The number of hydrogen-bond acceptors (Lipinski definition) is 3. The van der Waals surface area contributed by atoms with E-state index < -0.39 is 0 Å². The predicted molar refractivity (Wildman–Crippen MR) is 84.2 cm³/mol. The topological polar surface area (TPSA) is 51.5 Å². The largest absolute Gasteiger partial charge is 0.444 e. The van der Waals surface area contributed by atoms with Gasteiger partial charge in [-0.1, -0.05) is 30.3 Å². The van der Waals surface area contributed by atoms with Gasteiger partial charge in [0.05, 0.1) is 6.10 Å².